The van der Waals surface area contributed by atoms with Gasteiger partial charge in [0.05, 0.1) is 24.4 Å². The Kier molecular flexibility index (Phi) is 3.00. The highest BCUT2D eigenvalue weighted by atomic mass is 16.4. The summed E-state index contributed by atoms with van der Waals surface area (Å²) < 4.78 is 7.27. The summed E-state index contributed by atoms with van der Waals surface area (Å²) in [5.41, 5.74) is 2.50. The van der Waals surface area contributed by atoms with Crippen LogP contribution in [0.1, 0.15) is 35.0 Å². The van der Waals surface area contributed by atoms with E-state index in [1.54, 1.807) is 28.3 Å². The molecule has 23 heavy (non-hydrogen) atoms. The van der Waals surface area contributed by atoms with E-state index in [0.717, 1.165) is 17.8 Å². The van der Waals surface area contributed by atoms with Crippen molar-refractivity contribution in [3.8, 4) is 11.6 Å². The third-order valence-electron chi connectivity index (χ3n) is 4.01. The van der Waals surface area contributed by atoms with E-state index >= 15 is 0 Å². The third kappa shape index (κ3) is 2.20. The van der Waals surface area contributed by atoms with Gasteiger partial charge in [-0.25, -0.2) is 9.97 Å². The number of nitrogens with zero attached hydrogens (tertiary/aromatic N) is 6. The van der Waals surface area contributed by atoms with Gasteiger partial charge in [-0.3, -0.25) is 4.79 Å². The summed E-state index contributed by atoms with van der Waals surface area (Å²) in [5.74, 6) is -0.0867. The average molecular weight is 313 g/mol. The van der Waals surface area contributed by atoms with Crippen LogP contribution in [0.5, 0.6) is 0 Å². The van der Waals surface area contributed by atoms with Gasteiger partial charge < -0.3 is 18.9 Å². The van der Waals surface area contributed by atoms with Gasteiger partial charge >= 0.3 is 11.8 Å². The Labute approximate surface area is 131 Å². The fraction of sp³-hybridized carbons (Fsp3) is 0.357. The number of aryl methyl sites for hydroxylation is 1. The van der Waals surface area contributed by atoms with Crippen LogP contribution in [0.25, 0.3) is 11.6 Å². The molecule has 0 unspecified atom stereocenters. The van der Waals surface area contributed by atoms with Crippen LogP contribution >= 0.6 is 0 Å². The van der Waals surface area contributed by atoms with E-state index in [-0.39, 0.29) is 23.7 Å². The van der Waals surface area contributed by atoms with Crippen LogP contribution in [0.3, 0.4) is 0 Å². The van der Waals surface area contributed by atoms with Crippen LogP contribution in [0.2, 0.25) is 0 Å². The lowest BCUT2D eigenvalue weighted by Gasteiger charge is -2.31. The lowest BCUT2D eigenvalue weighted by Crippen LogP contribution is -2.39. The first-order valence-corrected chi connectivity index (χ1v) is 7.28. The summed E-state index contributed by atoms with van der Waals surface area (Å²) in [4.78, 5) is 25.9. The van der Waals surface area contributed by atoms with Crippen molar-refractivity contribution >= 4 is 5.91 Å². The fourth-order valence-electron chi connectivity index (χ4n) is 2.80. The fourth-order valence-corrected chi connectivity index (χ4v) is 2.80. The Balaban J connectivity index is 1.59. The molecule has 0 saturated carbocycles. The predicted octanol–water partition coefficient (Wildman–Crippen LogP) is 0.953. The maximum atomic E-state index is 12.7. The quantitative estimate of drug-likeness (QED) is 0.755. The summed E-state index contributed by atoms with van der Waals surface area (Å²) in [5, 5.41) is 7.78. The molecule has 1 amide bonds. The molecule has 0 aromatic carbocycles. The Hall–Kier alpha value is -2.97. The second-order valence-electron chi connectivity index (χ2n) is 5.53. The van der Waals surface area contributed by atoms with Gasteiger partial charge in [-0.15, -0.1) is 10.2 Å². The number of imidazole rings is 2. The Morgan fingerprint density at radius 1 is 1.39 bits per heavy atom. The van der Waals surface area contributed by atoms with E-state index in [1.807, 2.05) is 14.0 Å². The summed E-state index contributed by atoms with van der Waals surface area (Å²) in [7, 11) is 1.84. The maximum Gasteiger partial charge on any atom is 0.311 e. The number of nitrogens with one attached hydrogen (secondary N) is 1. The summed E-state index contributed by atoms with van der Waals surface area (Å²) in [6.07, 6.45) is 5.77. The van der Waals surface area contributed by atoms with Crippen molar-refractivity contribution in [2.75, 3.05) is 6.54 Å². The van der Waals surface area contributed by atoms with Crippen LogP contribution in [0.15, 0.2) is 23.3 Å². The molecule has 9 nitrogen and oxygen atoms in total. The number of hydrogen-bond acceptors (Lipinski definition) is 6. The van der Waals surface area contributed by atoms with Gasteiger partial charge in [0.2, 0.25) is 0 Å². The molecule has 4 rings (SSSR count). The van der Waals surface area contributed by atoms with Crippen molar-refractivity contribution in [2.24, 2.45) is 7.05 Å². The normalized spacial score (nSPS) is 17.3. The van der Waals surface area contributed by atoms with Crippen LogP contribution in [0, 0.1) is 0 Å². The molecule has 0 spiro atoms. The third-order valence-corrected chi connectivity index (χ3v) is 4.01. The number of carbonyl (C=O) groups excluding carboxylic acids is 1. The number of carbonyl (C=O) groups is 1. The zero-order chi connectivity index (χ0) is 16.0. The van der Waals surface area contributed by atoms with E-state index in [2.05, 4.69) is 25.1 Å². The average Bonchev–Trinajstić information content (AvgIpc) is 3.26. The van der Waals surface area contributed by atoms with Gasteiger partial charge in [0.15, 0.2) is 0 Å². The standard InChI is InChI=1S/C14H15N7O2/c1-8-11-9(15-6-16-11)3-4-21(8)14(22)13-19-18-12(23-13)10-5-20(2)7-17-10/h5-8H,3-4H2,1-2H3,(H,15,16)/t8-/m1/s1. The first-order chi connectivity index (χ1) is 11.1. The van der Waals surface area contributed by atoms with E-state index in [9.17, 15) is 4.79 Å². The number of aromatic nitrogens is 6. The Morgan fingerprint density at radius 2 is 2.26 bits per heavy atom. The SMILES string of the molecule is C[C@@H]1c2nc[nH]c2CCN1C(=O)c1nnc(-c2cn(C)cn2)o1. The molecule has 118 valence electrons. The summed E-state index contributed by atoms with van der Waals surface area (Å²) in [6.45, 7) is 2.52. The van der Waals surface area contributed by atoms with Gasteiger partial charge in [0.1, 0.15) is 5.69 Å². The first-order valence-electron chi connectivity index (χ1n) is 7.28. The Morgan fingerprint density at radius 3 is 3.04 bits per heavy atom. The first kappa shape index (κ1) is 13.7. The van der Waals surface area contributed by atoms with E-state index in [4.69, 9.17) is 4.42 Å². The zero-order valence-corrected chi connectivity index (χ0v) is 12.7. The zero-order valence-electron chi connectivity index (χ0n) is 12.7. The van der Waals surface area contributed by atoms with Crippen LogP contribution in [-0.2, 0) is 13.5 Å². The van der Waals surface area contributed by atoms with Gasteiger partial charge in [0, 0.05) is 31.9 Å². The van der Waals surface area contributed by atoms with Crippen molar-refractivity contribution in [1.29, 1.82) is 0 Å². The molecule has 0 radical (unpaired) electrons. The number of fused-ring (bicyclic) bond motifs is 1. The minimum atomic E-state index is -0.291. The van der Waals surface area contributed by atoms with Crippen molar-refractivity contribution in [3.63, 3.8) is 0 Å². The smallest absolute Gasteiger partial charge is 0.311 e. The van der Waals surface area contributed by atoms with Crippen LogP contribution in [-0.4, -0.2) is 47.1 Å². The molecule has 0 bridgehead atoms. The molecule has 0 aliphatic carbocycles. The molecule has 0 fully saturated rings. The molecular formula is C14H15N7O2. The van der Waals surface area contributed by atoms with Crippen molar-refractivity contribution in [1.82, 2.24) is 34.6 Å². The van der Waals surface area contributed by atoms with Crippen molar-refractivity contribution < 1.29 is 9.21 Å². The summed E-state index contributed by atoms with van der Waals surface area (Å²) >= 11 is 0. The Bertz CT molecular complexity index is 862. The van der Waals surface area contributed by atoms with E-state index in [1.165, 1.54) is 0 Å². The van der Waals surface area contributed by atoms with Crippen molar-refractivity contribution in [2.45, 2.75) is 19.4 Å². The number of rotatable bonds is 2. The minimum Gasteiger partial charge on any atom is -0.411 e. The molecular weight excluding hydrogens is 298 g/mol. The monoisotopic (exact) mass is 313 g/mol. The van der Waals surface area contributed by atoms with Gasteiger partial charge in [-0.05, 0) is 6.92 Å². The number of amides is 1. The second kappa shape index (κ2) is 5.04. The highest BCUT2D eigenvalue weighted by molar-refractivity contribution is 5.90. The molecule has 1 atom stereocenters. The van der Waals surface area contributed by atoms with Crippen LogP contribution < -0.4 is 0 Å². The molecule has 0 saturated heterocycles. The highest BCUT2D eigenvalue weighted by Crippen LogP contribution is 2.28. The molecule has 3 aromatic rings. The largest absolute Gasteiger partial charge is 0.411 e. The number of H-pyrrole nitrogens is 1. The van der Waals surface area contributed by atoms with E-state index < -0.39 is 0 Å². The molecule has 3 aromatic heterocycles. The molecule has 9 heteroatoms. The molecule has 1 aliphatic rings. The predicted molar refractivity (Wildman–Crippen MR) is 78.2 cm³/mol. The van der Waals surface area contributed by atoms with E-state index in [0.29, 0.717) is 12.2 Å². The van der Waals surface area contributed by atoms with Crippen molar-refractivity contribution in [3.05, 3.63) is 36.1 Å². The van der Waals surface area contributed by atoms with Gasteiger partial charge in [-0.1, -0.05) is 0 Å². The van der Waals surface area contributed by atoms with Gasteiger partial charge in [0.25, 0.3) is 5.89 Å². The minimum absolute atomic E-state index is 0.0310. The highest BCUT2D eigenvalue weighted by Gasteiger charge is 2.32. The maximum absolute atomic E-state index is 12.7. The summed E-state index contributed by atoms with van der Waals surface area (Å²) in [6, 6.07) is -0.136. The molecule has 1 aliphatic heterocycles. The number of hydrogen-bond donors (Lipinski definition) is 1. The topological polar surface area (TPSA) is 106 Å². The van der Waals surface area contributed by atoms with Gasteiger partial charge in [-0.2, -0.15) is 0 Å². The lowest BCUT2D eigenvalue weighted by molar-refractivity contribution is 0.0632. The molecule has 4 heterocycles. The van der Waals surface area contributed by atoms with Crippen LogP contribution in [0.4, 0.5) is 0 Å². The molecule has 1 N–H and O–H groups in total. The second-order valence-corrected chi connectivity index (χ2v) is 5.53. The lowest BCUT2D eigenvalue weighted by atomic mass is 10.0. The number of aromatic amines is 1.